The summed E-state index contributed by atoms with van der Waals surface area (Å²) in [5, 5.41) is 5.71. The summed E-state index contributed by atoms with van der Waals surface area (Å²) in [6.07, 6.45) is 0.255. The summed E-state index contributed by atoms with van der Waals surface area (Å²) in [7, 11) is 1.53. The fourth-order valence-corrected chi connectivity index (χ4v) is 4.25. The Labute approximate surface area is 234 Å². The number of benzene rings is 3. The van der Waals surface area contributed by atoms with E-state index in [9.17, 15) is 19.2 Å². The predicted octanol–water partition coefficient (Wildman–Crippen LogP) is 3.54. The molecule has 0 bridgehead atoms. The number of aromatic nitrogens is 1. The van der Waals surface area contributed by atoms with Crippen LogP contribution in [-0.2, 0) is 9.59 Å². The van der Waals surface area contributed by atoms with Gasteiger partial charge >= 0.3 is 0 Å². The van der Waals surface area contributed by atoms with Gasteiger partial charge in [0.2, 0.25) is 5.91 Å². The number of methoxy groups -OCH3 is 1. The van der Waals surface area contributed by atoms with Gasteiger partial charge in [-0.15, -0.1) is 0 Å². The summed E-state index contributed by atoms with van der Waals surface area (Å²) < 4.78 is 10.7. The van der Waals surface area contributed by atoms with Crippen molar-refractivity contribution in [2.45, 2.75) is 24.6 Å². The topological polar surface area (TPSA) is 152 Å². The maximum absolute atomic E-state index is 13.0. The van der Waals surface area contributed by atoms with Crippen molar-refractivity contribution in [1.82, 2.24) is 21.2 Å². The van der Waals surface area contributed by atoms with Crippen molar-refractivity contribution in [3.05, 3.63) is 83.9 Å². The lowest BCUT2D eigenvalue weighted by Gasteiger charge is -2.18. The SMILES string of the molecule is CC[C@@H](NC(=O)c1ccccc1NC(=O)c1ccc(OC)cc1)C(=O)NNC(=O)CSc1nc2ccccc2o1. The largest absolute Gasteiger partial charge is 0.497 e. The number of anilines is 1. The van der Waals surface area contributed by atoms with Crippen LogP contribution in [0.25, 0.3) is 11.1 Å². The van der Waals surface area contributed by atoms with Crippen molar-refractivity contribution in [2.24, 2.45) is 0 Å². The maximum atomic E-state index is 13.0. The first-order valence-corrected chi connectivity index (χ1v) is 13.3. The number of carbonyl (C=O) groups excluding carboxylic acids is 4. The molecule has 40 heavy (non-hydrogen) atoms. The van der Waals surface area contributed by atoms with E-state index in [1.165, 1.54) is 13.2 Å². The van der Waals surface area contributed by atoms with Gasteiger partial charge in [-0.05, 0) is 55.0 Å². The van der Waals surface area contributed by atoms with Gasteiger partial charge in [0.1, 0.15) is 17.3 Å². The quantitative estimate of drug-likeness (QED) is 0.170. The van der Waals surface area contributed by atoms with Gasteiger partial charge in [-0.25, -0.2) is 4.98 Å². The molecule has 0 saturated heterocycles. The highest BCUT2D eigenvalue weighted by molar-refractivity contribution is 7.99. The van der Waals surface area contributed by atoms with Crippen molar-refractivity contribution in [3.63, 3.8) is 0 Å². The number of hydrogen-bond donors (Lipinski definition) is 4. The van der Waals surface area contributed by atoms with E-state index in [2.05, 4.69) is 26.5 Å². The van der Waals surface area contributed by atoms with Crippen LogP contribution in [0.5, 0.6) is 5.75 Å². The monoisotopic (exact) mass is 561 g/mol. The third-order valence-corrected chi connectivity index (χ3v) is 6.56. The van der Waals surface area contributed by atoms with E-state index in [1.54, 1.807) is 61.5 Å². The molecule has 0 fully saturated rings. The molecular weight excluding hydrogens is 534 g/mol. The Morgan fingerprint density at radius 3 is 2.38 bits per heavy atom. The Morgan fingerprint density at radius 2 is 1.65 bits per heavy atom. The number of thioether (sulfide) groups is 1. The first-order valence-electron chi connectivity index (χ1n) is 12.3. The number of ether oxygens (including phenoxy) is 1. The summed E-state index contributed by atoms with van der Waals surface area (Å²) in [6.45, 7) is 1.72. The molecule has 0 aliphatic rings. The molecule has 0 aliphatic carbocycles. The van der Waals surface area contributed by atoms with Crippen LogP contribution in [0.3, 0.4) is 0 Å². The zero-order valence-corrected chi connectivity index (χ0v) is 22.5. The van der Waals surface area contributed by atoms with E-state index in [-0.39, 0.29) is 23.4 Å². The molecule has 1 atom stereocenters. The number of hydrogen-bond acceptors (Lipinski definition) is 8. The first kappa shape index (κ1) is 28.2. The third kappa shape index (κ3) is 7.17. The smallest absolute Gasteiger partial charge is 0.260 e. The van der Waals surface area contributed by atoms with Crippen molar-refractivity contribution < 1.29 is 28.3 Å². The Bertz CT molecular complexity index is 1490. The summed E-state index contributed by atoms with van der Waals surface area (Å²) in [6, 6.07) is 19.3. The van der Waals surface area contributed by atoms with Crippen LogP contribution in [0.4, 0.5) is 5.69 Å². The van der Waals surface area contributed by atoms with Gasteiger partial charge in [-0.3, -0.25) is 30.0 Å². The molecule has 3 aromatic carbocycles. The molecule has 11 nitrogen and oxygen atoms in total. The van der Waals surface area contributed by atoms with Gasteiger partial charge in [0, 0.05) is 5.56 Å². The number of nitrogens with zero attached hydrogens (tertiary/aromatic N) is 1. The molecule has 4 aromatic rings. The Hall–Kier alpha value is -4.84. The number of hydrazine groups is 1. The third-order valence-electron chi connectivity index (χ3n) is 5.73. The standard InChI is InChI=1S/C28H27N5O6S/c1-3-20(27(37)33-32-24(34)16-40-28-31-22-10-6-7-11-23(22)39-28)29-26(36)19-8-4-5-9-21(19)30-25(35)17-12-14-18(38-2)15-13-17/h4-15,20H,3,16H2,1-2H3,(H,29,36)(H,30,35)(H,32,34)(H,33,37)/t20-/m1/s1. The minimum atomic E-state index is -0.942. The molecule has 12 heteroatoms. The van der Waals surface area contributed by atoms with Crippen LogP contribution >= 0.6 is 11.8 Å². The summed E-state index contributed by atoms with van der Waals surface area (Å²) in [5.74, 6) is -1.49. The highest BCUT2D eigenvalue weighted by Gasteiger charge is 2.22. The predicted molar refractivity (Wildman–Crippen MR) is 150 cm³/mol. The van der Waals surface area contributed by atoms with Gasteiger partial charge in [-0.1, -0.05) is 43.0 Å². The molecule has 0 aliphatic heterocycles. The average molecular weight is 562 g/mol. The first-order chi connectivity index (χ1) is 19.4. The molecule has 4 rings (SSSR count). The van der Waals surface area contributed by atoms with Gasteiger partial charge in [0.15, 0.2) is 5.58 Å². The minimum absolute atomic E-state index is 0.0441. The Kier molecular flexibility index (Phi) is 9.36. The van der Waals surface area contributed by atoms with Crippen LogP contribution in [0.2, 0.25) is 0 Å². The van der Waals surface area contributed by atoms with Gasteiger partial charge in [0.05, 0.1) is 24.1 Å². The van der Waals surface area contributed by atoms with E-state index in [0.717, 1.165) is 11.8 Å². The van der Waals surface area contributed by atoms with Gasteiger partial charge in [-0.2, -0.15) is 0 Å². The molecule has 0 radical (unpaired) electrons. The average Bonchev–Trinajstić information content (AvgIpc) is 3.41. The zero-order chi connectivity index (χ0) is 28.5. The minimum Gasteiger partial charge on any atom is -0.497 e. The molecule has 0 spiro atoms. The molecule has 1 heterocycles. The van der Waals surface area contributed by atoms with Crippen molar-refractivity contribution in [2.75, 3.05) is 18.2 Å². The van der Waals surface area contributed by atoms with Gasteiger partial charge < -0.3 is 19.8 Å². The highest BCUT2D eigenvalue weighted by atomic mass is 32.2. The van der Waals surface area contributed by atoms with Crippen LogP contribution in [0.1, 0.15) is 34.1 Å². The number of fused-ring (bicyclic) bond motifs is 1. The fraction of sp³-hybridized carbons (Fsp3) is 0.179. The van der Waals surface area contributed by atoms with Crippen molar-refractivity contribution in [3.8, 4) is 5.75 Å². The van der Waals surface area contributed by atoms with E-state index < -0.39 is 29.7 Å². The van der Waals surface area contributed by atoms with E-state index in [1.807, 2.05) is 12.1 Å². The number of oxazole rings is 1. The maximum Gasteiger partial charge on any atom is 0.260 e. The number of amides is 4. The number of rotatable bonds is 10. The van der Waals surface area contributed by atoms with E-state index >= 15 is 0 Å². The molecule has 4 amide bonds. The Morgan fingerprint density at radius 1 is 0.925 bits per heavy atom. The second-order valence-corrected chi connectivity index (χ2v) is 9.36. The lowest BCUT2D eigenvalue weighted by molar-refractivity contribution is -0.128. The number of para-hydroxylation sites is 3. The number of nitrogens with one attached hydrogen (secondary N) is 4. The molecule has 0 unspecified atom stereocenters. The summed E-state index contributed by atoms with van der Waals surface area (Å²) in [4.78, 5) is 55.0. The van der Waals surface area contributed by atoms with Gasteiger partial charge in [0.25, 0.3) is 22.9 Å². The molecule has 1 aromatic heterocycles. The molecular formula is C28H27N5O6S. The normalized spacial score (nSPS) is 11.3. The summed E-state index contributed by atoms with van der Waals surface area (Å²) >= 11 is 1.08. The van der Waals surface area contributed by atoms with Crippen molar-refractivity contribution >= 4 is 52.2 Å². The molecule has 4 N–H and O–H groups in total. The van der Waals surface area contributed by atoms with E-state index in [0.29, 0.717) is 27.6 Å². The van der Waals surface area contributed by atoms with Crippen LogP contribution < -0.4 is 26.2 Å². The lowest BCUT2D eigenvalue weighted by atomic mass is 10.1. The second kappa shape index (κ2) is 13.3. The number of carbonyl (C=O) groups is 4. The van der Waals surface area contributed by atoms with Crippen molar-refractivity contribution in [1.29, 1.82) is 0 Å². The lowest BCUT2D eigenvalue weighted by Crippen LogP contribution is -2.52. The molecule has 0 saturated carbocycles. The van der Waals surface area contributed by atoms with Crippen LogP contribution in [0.15, 0.2) is 82.4 Å². The fourth-order valence-electron chi connectivity index (χ4n) is 3.61. The van der Waals surface area contributed by atoms with Crippen LogP contribution in [-0.4, -0.2) is 47.5 Å². The van der Waals surface area contributed by atoms with Crippen LogP contribution in [0, 0.1) is 0 Å². The second-order valence-electron chi connectivity index (χ2n) is 8.44. The summed E-state index contributed by atoms with van der Waals surface area (Å²) in [5.41, 5.74) is 6.80. The highest BCUT2D eigenvalue weighted by Crippen LogP contribution is 2.23. The molecule has 206 valence electrons. The Balaban J connectivity index is 1.30. The van der Waals surface area contributed by atoms with E-state index in [4.69, 9.17) is 9.15 Å². The zero-order valence-electron chi connectivity index (χ0n) is 21.7.